The lowest BCUT2D eigenvalue weighted by atomic mass is 10.0. The number of nitrogens with zero attached hydrogens (tertiary/aromatic N) is 2. The first-order chi connectivity index (χ1) is 8.56. The topological polar surface area (TPSA) is 49.9 Å². The zero-order valence-electron chi connectivity index (χ0n) is 11.6. The van der Waals surface area contributed by atoms with E-state index in [-0.39, 0.29) is 17.9 Å². The van der Waals surface area contributed by atoms with E-state index < -0.39 is 0 Å². The highest BCUT2D eigenvalue weighted by atomic mass is 16.5. The van der Waals surface area contributed by atoms with E-state index in [1.54, 1.807) is 19.0 Å². The summed E-state index contributed by atoms with van der Waals surface area (Å²) in [6.07, 6.45) is 3.45. The van der Waals surface area contributed by atoms with E-state index in [1.165, 1.54) is 0 Å². The van der Waals surface area contributed by atoms with Crippen molar-refractivity contribution in [2.45, 2.75) is 38.6 Å². The molecule has 5 nitrogen and oxygen atoms in total. The van der Waals surface area contributed by atoms with Gasteiger partial charge in [0.15, 0.2) is 0 Å². The smallest absolute Gasteiger partial charge is 0.323 e. The highest BCUT2D eigenvalue weighted by Gasteiger charge is 2.29. The van der Waals surface area contributed by atoms with Crippen LogP contribution in [0.2, 0.25) is 0 Å². The maximum Gasteiger partial charge on any atom is 0.323 e. The van der Waals surface area contributed by atoms with Gasteiger partial charge in [0.1, 0.15) is 6.04 Å². The summed E-state index contributed by atoms with van der Waals surface area (Å²) in [5.41, 5.74) is 0. The lowest BCUT2D eigenvalue weighted by Crippen LogP contribution is -2.46. The van der Waals surface area contributed by atoms with Crippen molar-refractivity contribution >= 4 is 11.9 Å². The molecule has 104 valence electrons. The number of hydrogen-bond donors (Lipinski definition) is 0. The number of amides is 1. The molecule has 1 saturated heterocycles. The molecule has 1 atom stereocenters. The number of hydrogen-bond acceptors (Lipinski definition) is 4. The van der Waals surface area contributed by atoms with Gasteiger partial charge in [-0.25, -0.2) is 0 Å². The molecule has 0 saturated carbocycles. The number of piperidine rings is 1. The van der Waals surface area contributed by atoms with Crippen LogP contribution >= 0.6 is 0 Å². The largest absolute Gasteiger partial charge is 0.465 e. The van der Waals surface area contributed by atoms with Gasteiger partial charge in [-0.3, -0.25) is 14.5 Å². The monoisotopic (exact) mass is 256 g/mol. The number of ether oxygens (including phenoxy) is 1. The molecular formula is C13H24N2O3. The Morgan fingerprint density at radius 1 is 1.33 bits per heavy atom. The van der Waals surface area contributed by atoms with Crippen LogP contribution in [0.4, 0.5) is 0 Å². The Morgan fingerprint density at radius 3 is 2.67 bits per heavy atom. The second-order valence-corrected chi connectivity index (χ2v) is 4.84. The highest BCUT2D eigenvalue weighted by molar-refractivity contribution is 5.77. The molecule has 1 aliphatic heterocycles. The van der Waals surface area contributed by atoms with Crippen LogP contribution in [0.15, 0.2) is 0 Å². The Morgan fingerprint density at radius 2 is 2.06 bits per heavy atom. The average molecular weight is 256 g/mol. The van der Waals surface area contributed by atoms with Gasteiger partial charge in [0, 0.05) is 27.1 Å². The molecule has 1 heterocycles. The zero-order valence-corrected chi connectivity index (χ0v) is 11.6. The van der Waals surface area contributed by atoms with E-state index >= 15 is 0 Å². The first-order valence-corrected chi connectivity index (χ1v) is 6.67. The van der Waals surface area contributed by atoms with Crippen LogP contribution in [0.3, 0.4) is 0 Å². The van der Waals surface area contributed by atoms with Crippen molar-refractivity contribution in [3.63, 3.8) is 0 Å². The van der Waals surface area contributed by atoms with Gasteiger partial charge in [-0.15, -0.1) is 0 Å². The van der Waals surface area contributed by atoms with E-state index in [0.29, 0.717) is 19.6 Å². The Labute approximate surface area is 109 Å². The third-order valence-corrected chi connectivity index (χ3v) is 3.28. The average Bonchev–Trinajstić information content (AvgIpc) is 2.36. The van der Waals surface area contributed by atoms with Gasteiger partial charge < -0.3 is 9.64 Å². The fourth-order valence-electron chi connectivity index (χ4n) is 2.23. The van der Waals surface area contributed by atoms with E-state index in [2.05, 4.69) is 4.90 Å². The molecule has 1 unspecified atom stereocenters. The van der Waals surface area contributed by atoms with Crippen molar-refractivity contribution in [2.75, 3.05) is 33.8 Å². The Balaban J connectivity index is 2.49. The minimum atomic E-state index is -0.159. The van der Waals surface area contributed by atoms with Crippen LogP contribution in [-0.2, 0) is 14.3 Å². The minimum absolute atomic E-state index is 0.100. The third kappa shape index (κ3) is 4.29. The maximum absolute atomic E-state index is 11.8. The summed E-state index contributed by atoms with van der Waals surface area (Å²) in [6, 6.07) is -0.159. The van der Waals surface area contributed by atoms with Gasteiger partial charge in [0.05, 0.1) is 6.61 Å². The molecule has 0 aromatic rings. The van der Waals surface area contributed by atoms with Gasteiger partial charge in [-0.2, -0.15) is 0 Å². The van der Waals surface area contributed by atoms with Gasteiger partial charge in [0.2, 0.25) is 5.91 Å². The zero-order chi connectivity index (χ0) is 13.5. The first kappa shape index (κ1) is 15.0. The lowest BCUT2D eigenvalue weighted by molar-refractivity contribution is -0.151. The quantitative estimate of drug-likeness (QED) is 0.685. The lowest BCUT2D eigenvalue weighted by Gasteiger charge is -2.33. The van der Waals surface area contributed by atoms with Gasteiger partial charge in [-0.1, -0.05) is 6.42 Å². The summed E-state index contributed by atoms with van der Waals surface area (Å²) in [7, 11) is 3.50. The number of rotatable bonds is 5. The van der Waals surface area contributed by atoms with Crippen molar-refractivity contribution in [3.05, 3.63) is 0 Å². The number of esters is 1. The van der Waals surface area contributed by atoms with Crippen molar-refractivity contribution in [1.82, 2.24) is 9.80 Å². The van der Waals surface area contributed by atoms with Gasteiger partial charge in [-0.05, 0) is 26.3 Å². The molecule has 5 heteroatoms. The fourth-order valence-corrected chi connectivity index (χ4v) is 2.23. The SMILES string of the molecule is CCOC(=O)C1CCCCN1CCC(=O)N(C)C. The molecule has 1 amide bonds. The minimum Gasteiger partial charge on any atom is -0.465 e. The van der Waals surface area contributed by atoms with E-state index in [4.69, 9.17) is 4.74 Å². The van der Waals surface area contributed by atoms with Crippen molar-refractivity contribution in [1.29, 1.82) is 0 Å². The molecule has 0 spiro atoms. The van der Waals surface area contributed by atoms with E-state index in [0.717, 1.165) is 25.8 Å². The van der Waals surface area contributed by atoms with Gasteiger partial charge in [0.25, 0.3) is 0 Å². The van der Waals surface area contributed by atoms with Crippen molar-refractivity contribution in [3.8, 4) is 0 Å². The van der Waals surface area contributed by atoms with Crippen LogP contribution in [0, 0.1) is 0 Å². The maximum atomic E-state index is 11.8. The normalized spacial score (nSPS) is 20.5. The molecule has 1 aliphatic rings. The van der Waals surface area contributed by atoms with Gasteiger partial charge >= 0.3 is 5.97 Å². The standard InChI is InChI=1S/C13H24N2O3/c1-4-18-13(17)11-7-5-6-9-15(11)10-8-12(16)14(2)3/h11H,4-10H2,1-3H3. The Kier molecular flexibility index (Phi) is 6.12. The Bertz CT molecular complexity index is 292. The van der Waals surface area contributed by atoms with E-state index in [1.807, 2.05) is 6.92 Å². The molecule has 1 fully saturated rings. The highest BCUT2D eigenvalue weighted by Crippen LogP contribution is 2.18. The molecule has 0 aromatic carbocycles. The molecule has 0 aliphatic carbocycles. The van der Waals surface area contributed by atoms with Crippen LogP contribution in [-0.4, -0.2) is 61.5 Å². The number of carbonyl (C=O) groups excluding carboxylic acids is 2. The predicted molar refractivity (Wildman–Crippen MR) is 69.2 cm³/mol. The molecule has 18 heavy (non-hydrogen) atoms. The second kappa shape index (κ2) is 7.36. The van der Waals surface area contributed by atoms with Crippen LogP contribution in [0.5, 0.6) is 0 Å². The van der Waals surface area contributed by atoms with Crippen LogP contribution < -0.4 is 0 Å². The summed E-state index contributed by atoms with van der Waals surface area (Å²) >= 11 is 0. The van der Waals surface area contributed by atoms with Crippen LogP contribution in [0.25, 0.3) is 0 Å². The predicted octanol–water partition coefficient (Wildman–Crippen LogP) is 0.882. The summed E-state index contributed by atoms with van der Waals surface area (Å²) in [4.78, 5) is 27.1. The Hall–Kier alpha value is -1.10. The van der Waals surface area contributed by atoms with Crippen LogP contribution in [0.1, 0.15) is 32.6 Å². The first-order valence-electron chi connectivity index (χ1n) is 6.67. The molecular weight excluding hydrogens is 232 g/mol. The third-order valence-electron chi connectivity index (χ3n) is 3.28. The molecule has 0 aromatic heterocycles. The molecule has 0 radical (unpaired) electrons. The summed E-state index contributed by atoms with van der Waals surface area (Å²) in [5, 5.41) is 0. The van der Waals surface area contributed by atoms with Crippen molar-refractivity contribution < 1.29 is 14.3 Å². The summed E-state index contributed by atoms with van der Waals surface area (Å²) in [6.45, 7) is 3.76. The fraction of sp³-hybridized carbons (Fsp3) is 0.846. The summed E-state index contributed by atoms with van der Waals surface area (Å²) < 4.78 is 5.09. The molecule has 0 N–H and O–H groups in total. The summed E-state index contributed by atoms with van der Waals surface area (Å²) in [5.74, 6) is -0.0438. The van der Waals surface area contributed by atoms with E-state index in [9.17, 15) is 9.59 Å². The second-order valence-electron chi connectivity index (χ2n) is 4.84. The van der Waals surface area contributed by atoms with Crippen molar-refractivity contribution in [2.24, 2.45) is 0 Å². The molecule has 1 rings (SSSR count). The number of carbonyl (C=O) groups is 2. The number of likely N-dealkylation sites (tertiary alicyclic amines) is 1. The molecule has 0 bridgehead atoms.